The quantitative estimate of drug-likeness (QED) is 0.764. The Bertz CT molecular complexity index is 452. The number of rotatable bonds is 2. The SMILES string of the molecule is N#Cc1cn[nH]c1Cc1cccnc1. The lowest BCUT2D eigenvalue weighted by Gasteiger charge is -1.97. The monoisotopic (exact) mass is 184 g/mol. The van der Waals surface area contributed by atoms with Crippen molar-refractivity contribution in [1.82, 2.24) is 15.2 Å². The van der Waals surface area contributed by atoms with Crippen LogP contribution in [0.25, 0.3) is 0 Å². The molecule has 0 atom stereocenters. The molecule has 0 saturated heterocycles. The summed E-state index contributed by atoms with van der Waals surface area (Å²) in [4.78, 5) is 4.00. The van der Waals surface area contributed by atoms with Gasteiger partial charge in [-0.3, -0.25) is 10.1 Å². The summed E-state index contributed by atoms with van der Waals surface area (Å²) in [5.41, 5.74) is 2.49. The van der Waals surface area contributed by atoms with Crippen LogP contribution in [0.2, 0.25) is 0 Å². The van der Waals surface area contributed by atoms with Gasteiger partial charge in [0.15, 0.2) is 0 Å². The highest BCUT2D eigenvalue weighted by Gasteiger charge is 2.04. The first kappa shape index (κ1) is 8.45. The second kappa shape index (κ2) is 3.71. The van der Waals surface area contributed by atoms with Crippen LogP contribution < -0.4 is 0 Å². The van der Waals surface area contributed by atoms with E-state index in [2.05, 4.69) is 21.3 Å². The summed E-state index contributed by atoms with van der Waals surface area (Å²) in [5, 5.41) is 15.4. The minimum atomic E-state index is 0.592. The molecule has 0 aromatic carbocycles. The van der Waals surface area contributed by atoms with Crippen molar-refractivity contribution >= 4 is 0 Å². The first-order valence-corrected chi connectivity index (χ1v) is 4.21. The molecular weight excluding hydrogens is 176 g/mol. The Kier molecular flexibility index (Phi) is 2.24. The van der Waals surface area contributed by atoms with Gasteiger partial charge in [0.2, 0.25) is 0 Å². The van der Waals surface area contributed by atoms with E-state index in [0.29, 0.717) is 12.0 Å². The van der Waals surface area contributed by atoms with Crippen molar-refractivity contribution in [2.24, 2.45) is 0 Å². The van der Waals surface area contributed by atoms with Gasteiger partial charge in [-0.25, -0.2) is 0 Å². The second-order valence-corrected chi connectivity index (χ2v) is 2.91. The van der Waals surface area contributed by atoms with Gasteiger partial charge in [-0.1, -0.05) is 6.07 Å². The van der Waals surface area contributed by atoms with E-state index in [9.17, 15) is 0 Å². The summed E-state index contributed by atoms with van der Waals surface area (Å²) >= 11 is 0. The Balaban J connectivity index is 2.24. The first-order chi connectivity index (χ1) is 6.90. The van der Waals surface area contributed by atoms with E-state index in [4.69, 9.17) is 5.26 Å². The van der Waals surface area contributed by atoms with E-state index in [1.54, 1.807) is 12.4 Å². The topological polar surface area (TPSA) is 65.4 Å². The molecule has 14 heavy (non-hydrogen) atoms. The molecule has 0 fully saturated rings. The van der Waals surface area contributed by atoms with Crippen LogP contribution in [0.5, 0.6) is 0 Å². The van der Waals surface area contributed by atoms with Gasteiger partial charge in [0.25, 0.3) is 0 Å². The zero-order chi connectivity index (χ0) is 9.80. The summed E-state index contributed by atoms with van der Waals surface area (Å²) in [6.07, 6.45) is 5.70. The lowest BCUT2D eigenvalue weighted by atomic mass is 10.1. The van der Waals surface area contributed by atoms with Crippen LogP contribution in [0.3, 0.4) is 0 Å². The molecule has 0 spiro atoms. The van der Waals surface area contributed by atoms with Crippen molar-refractivity contribution in [3.63, 3.8) is 0 Å². The standard InChI is InChI=1S/C10H8N4/c11-5-9-7-13-14-10(9)4-8-2-1-3-12-6-8/h1-3,6-7H,4H2,(H,13,14). The molecule has 4 nitrogen and oxygen atoms in total. The molecule has 68 valence electrons. The number of H-pyrrole nitrogens is 1. The summed E-state index contributed by atoms with van der Waals surface area (Å²) in [6, 6.07) is 5.92. The van der Waals surface area contributed by atoms with Crippen molar-refractivity contribution in [3.8, 4) is 6.07 Å². The van der Waals surface area contributed by atoms with Crippen molar-refractivity contribution in [1.29, 1.82) is 5.26 Å². The van der Waals surface area contributed by atoms with Gasteiger partial charge in [-0.05, 0) is 11.6 Å². The van der Waals surface area contributed by atoms with Crippen LogP contribution in [0, 0.1) is 11.3 Å². The minimum absolute atomic E-state index is 0.592. The lowest BCUT2D eigenvalue weighted by molar-refractivity contribution is 0.988. The zero-order valence-corrected chi connectivity index (χ0v) is 7.44. The third-order valence-electron chi connectivity index (χ3n) is 1.94. The van der Waals surface area contributed by atoms with Crippen molar-refractivity contribution in [3.05, 3.63) is 47.5 Å². The molecule has 2 aromatic rings. The molecule has 2 rings (SSSR count). The Morgan fingerprint density at radius 2 is 2.36 bits per heavy atom. The smallest absolute Gasteiger partial charge is 0.103 e. The van der Waals surface area contributed by atoms with E-state index in [1.807, 2.05) is 12.1 Å². The van der Waals surface area contributed by atoms with Crippen LogP contribution in [0.1, 0.15) is 16.8 Å². The van der Waals surface area contributed by atoms with E-state index in [0.717, 1.165) is 11.3 Å². The maximum absolute atomic E-state index is 8.76. The highest BCUT2D eigenvalue weighted by Crippen LogP contribution is 2.09. The fourth-order valence-electron chi connectivity index (χ4n) is 1.25. The van der Waals surface area contributed by atoms with Crippen LogP contribution >= 0.6 is 0 Å². The molecule has 0 amide bonds. The number of aromatic amines is 1. The maximum atomic E-state index is 8.76. The summed E-state index contributed by atoms with van der Waals surface area (Å²) < 4.78 is 0. The highest BCUT2D eigenvalue weighted by atomic mass is 15.1. The lowest BCUT2D eigenvalue weighted by Crippen LogP contribution is -1.91. The molecule has 0 aliphatic heterocycles. The van der Waals surface area contributed by atoms with Gasteiger partial charge < -0.3 is 0 Å². The van der Waals surface area contributed by atoms with E-state index < -0.39 is 0 Å². The molecule has 0 unspecified atom stereocenters. The number of aromatic nitrogens is 3. The van der Waals surface area contributed by atoms with Crippen LogP contribution in [0.4, 0.5) is 0 Å². The predicted molar refractivity (Wildman–Crippen MR) is 50.3 cm³/mol. The number of hydrogen-bond acceptors (Lipinski definition) is 3. The molecule has 0 aliphatic carbocycles. The summed E-state index contributed by atoms with van der Waals surface area (Å²) in [7, 11) is 0. The normalized spacial score (nSPS) is 9.64. The average Bonchev–Trinajstić information content (AvgIpc) is 2.67. The molecule has 2 heterocycles. The zero-order valence-electron chi connectivity index (χ0n) is 7.44. The Hall–Kier alpha value is -2.15. The summed E-state index contributed by atoms with van der Waals surface area (Å²) in [6.45, 7) is 0. The van der Waals surface area contributed by atoms with E-state index >= 15 is 0 Å². The first-order valence-electron chi connectivity index (χ1n) is 4.21. The fraction of sp³-hybridized carbons (Fsp3) is 0.100. The molecule has 0 bridgehead atoms. The Morgan fingerprint density at radius 1 is 1.43 bits per heavy atom. The van der Waals surface area contributed by atoms with Crippen LogP contribution in [-0.2, 0) is 6.42 Å². The second-order valence-electron chi connectivity index (χ2n) is 2.91. The van der Waals surface area contributed by atoms with Gasteiger partial charge in [-0.15, -0.1) is 0 Å². The van der Waals surface area contributed by atoms with E-state index in [-0.39, 0.29) is 0 Å². The van der Waals surface area contributed by atoms with Gasteiger partial charge in [0.1, 0.15) is 6.07 Å². The Labute approximate surface area is 81.2 Å². The van der Waals surface area contributed by atoms with Crippen molar-refractivity contribution < 1.29 is 0 Å². The molecule has 1 N–H and O–H groups in total. The van der Waals surface area contributed by atoms with Crippen molar-refractivity contribution in [2.45, 2.75) is 6.42 Å². The molecule has 0 aliphatic rings. The van der Waals surface area contributed by atoms with Crippen LogP contribution in [0.15, 0.2) is 30.7 Å². The summed E-state index contributed by atoms with van der Waals surface area (Å²) in [5.74, 6) is 0. The van der Waals surface area contributed by atoms with Crippen molar-refractivity contribution in [2.75, 3.05) is 0 Å². The third kappa shape index (κ3) is 1.62. The predicted octanol–water partition coefficient (Wildman–Crippen LogP) is 1.27. The molecular formula is C10H8N4. The van der Waals surface area contributed by atoms with Gasteiger partial charge >= 0.3 is 0 Å². The number of pyridine rings is 1. The van der Waals surface area contributed by atoms with Gasteiger partial charge in [-0.2, -0.15) is 10.4 Å². The van der Waals surface area contributed by atoms with Crippen LogP contribution in [-0.4, -0.2) is 15.2 Å². The van der Waals surface area contributed by atoms with Gasteiger partial charge in [0.05, 0.1) is 17.5 Å². The fourth-order valence-corrected chi connectivity index (χ4v) is 1.25. The number of nitrogens with zero attached hydrogens (tertiary/aromatic N) is 3. The Morgan fingerprint density at radius 3 is 3.07 bits per heavy atom. The molecule has 0 saturated carbocycles. The maximum Gasteiger partial charge on any atom is 0.103 e. The highest BCUT2D eigenvalue weighted by molar-refractivity contribution is 5.33. The minimum Gasteiger partial charge on any atom is -0.281 e. The number of nitrogens with one attached hydrogen (secondary N) is 1. The molecule has 0 radical (unpaired) electrons. The molecule has 4 heteroatoms. The third-order valence-corrected chi connectivity index (χ3v) is 1.94. The van der Waals surface area contributed by atoms with E-state index in [1.165, 1.54) is 6.20 Å². The molecule has 2 aromatic heterocycles. The number of nitriles is 1. The largest absolute Gasteiger partial charge is 0.281 e. The number of hydrogen-bond donors (Lipinski definition) is 1. The van der Waals surface area contributed by atoms with Gasteiger partial charge in [0, 0.05) is 18.8 Å². The average molecular weight is 184 g/mol.